The topological polar surface area (TPSA) is 50.7 Å². The molecular formula is C15H18N4. The van der Waals surface area contributed by atoms with E-state index >= 15 is 0 Å². The Morgan fingerprint density at radius 3 is 2.89 bits per heavy atom. The van der Waals surface area contributed by atoms with E-state index in [2.05, 4.69) is 20.3 Å². The lowest BCUT2D eigenvalue weighted by Gasteiger charge is -2.21. The van der Waals surface area contributed by atoms with Gasteiger partial charge in [0.05, 0.1) is 11.4 Å². The second-order valence-electron chi connectivity index (χ2n) is 4.99. The number of nitrogens with zero attached hydrogens (tertiary/aromatic N) is 3. The van der Waals surface area contributed by atoms with E-state index in [0.29, 0.717) is 5.92 Å². The Morgan fingerprint density at radius 2 is 2.11 bits per heavy atom. The highest BCUT2D eigenvalue weighted by Crippen LogP contribution is 2.17. The van der Waals surface area contributed by atoms with E-state index < -0.39 is 0 Å². The first-order chi connectivity index (χ1) is 9.42. The van der Waals surface area contributed by atoms with E-state index in [1.165, 1.54) is 12.8 Å². The number of rotatable bonds is 3. The minimum Gasteiger partial charge on any atom is -0.316 e. The summed E-state index contributed by atoms with van der Waals surface area (Å²) in [5.41, 5.74) is 1.82. The van der Waals surface area contributed by atoms with Crippen LogP contribution in [0.2, 0.25) is 0 Å². The van der Waals surface area contributed by atoms with Gasteiger partial charge in [-0.2, -0.15) is 0 Å². The van der Waals surface area contributed by atoms with Gasteiger partial charge >= 0.3 is 0 Å². The highest BCUT2D eigenvalue weighted by molar-refractivity contribution is 5.52. The largest absolute Gasteiger partial charge is 0.316 e. The van der Waals surface area contributed by atoms with Gasteiger partial charge in [0.1, 0.15) is 5.82 Å². The molecule has 0 radical (unpaired) electrons. The summed E-state index contributed by atoms with van der Waals surface area (Å²) in [6.45, 7) is 2.22. The minimum absolute atomic E-state index is 0.660. The van der Waals surface area contributed by atoms with Gasteiger partial charge in [-0.1, -0.05) is 6.07 Å². The summed E-state index contributed by atoms with van der Waals surface area (Å²) in [5, 5.41) is 3.43. The molecule has 0 spiro atoms. The van der Waals surface area contributed by atoms with E-state index in [-0.39, 0.29) is 0 Å². The first-order valence-electron chi connectivity index (χ1n) is 6.86. The van der Waals surface area contributed by atoms with Crippen molar-refractivity contribution in [2.24, 2.45) is 5.92 Å². The third kappa shape index (κ3) is 3.15. The second-order valence-corrected chi connectivity index (χ2v) is 4.99. The van der Waals surface area contributed by atoms with Crippen LogP contribution in [-0.2, 0) is 6.42 Å². The van der Waals surface area contributed by atoms with Gasteiger partial charge in [0, 0.05) is 18.8 Å². The number of hydrogen-bond donors (Lipinski definition) is 1. The molecule has 1 aliphatic rings. The maximum Gasteiger partial charge on any atom is 0.129 e. The fourth-order valence-electron chi connectivity index (χ4n) is 2.51. The van der Waals surface area contributed by atoms with E-state index in [0.717, 1.165) is 36.7 Å². The van der Waals surface area contributed by atoms with Crippen molar-refractivity contribution in [2.75, 3.05) is 13.1 Å². The Hall–Kier alpha value is -1.81. The Morgan fingerprint density at radius 1 is 1.11 bits per heavy atom. The van der Waals surface area contributed by atoms with Crippen LogP contribution in [0.3, 0.4) is 0 Å². The highest BCUT2D eigenvalue weighted by Gasteiger charge is 2.15. The molecule has 0 bridgehead atoms. The van der Waals surface area contributed by atoms with Crippen LogP contribution in [-0.4, -0.2) is 28.0 Å². The van der Waals surface area contributed by atoms with E-state index in [1.807, 2.05) is 30.5 Å². The van der Waals surface area contributed by atoms with E-state index in [1.54, 1.807) is 6.20 Å². The van der Waals surface area contributed by atoms with E-state index in [9.17, 15) is 0 Å². The molecule has 1 fully saturated rings. The van der Waals surface area contributed by atoms with Gasteiger partial charge in [0.2, 0.25) is 0 Å². The smallest absolute Gasteiger partial charge is 0.129 e. The highest BCUT2D eigenvalue weighted by atomic mass is 14.9. The molecule has 4 nitrogen and oxygen atoms in total. The fraction of sp³-hybridized carbons (Fsp3) is 0.400. The van der Waals surface area contributed by atoms with Crippen LogP contribution in [0.15, 0.2) is 36.7 Å². The molecule has 98 valence electrons. The van der Waals surface area contributed by atoms with Crippen LogP contribution in [0.4, 0.5) is 0 Å². The average molecular weight is 254 g/mol. The first-order valence-corrected chi connectivity index (χ1v) is 6.86. The van der Waals surface area contributed by atoms with Crippen molar-refractivity contribution in [2.45, 2.75) is 19.3 Å². The SMILES string of the molecule is c1ccc(-c2ccnc(CC3CCCNC3)n2)nc1. The molecule has 1 N–H and O–H groups in total. The minimum atomic E-state index is 0.660. The Kier molecular flexibility index (Phi) is 3.79. The van der Waals surface area contributed by atoms with Crippen molar-refractivity contribution in [1.29, 1.82) is 0 Å². The van der Waals surface area contributed by atoms with Gasteiger partial charge in [-0.15, -0.1) is 0 Å². The molecule has 0 aromatic carbocycles. The number of piperidine rings is 1. The molecule has 3 heterocycles. The monoisotopic (exact) mass is 254 g/mol. The average Bonchev–Trinajstić information content (AvgIpc) is 2.49. The molecule has 2 aromatic heterocycles. The molecule has 0 saturated carbocycles. The summed E-state index contributed by atoms with van der Waals surface area (Å²) in [6, 6.07) is 7.80. The number of pyridine rings is 1. The van der Waals surface area contributed by atoms with Crippen LogP contribution in [0.25, 0.3) is 11.4 Å². The lowest BCUT2D eigenvalue weighted by atomic mass is 9.96. The second kappa shape index (κ2) is 5.89. The lowest BCUT2D eigenvalue weighted by Crippen LogP contribution is -2.31. The molecule has 1 unspecified atom stereocenters. The molecule has 1 atom stereocenters. The number of hydrogen-bond acceptors (Lipinski definition) is 4. The maximum atomic E-state index is 4.64. The number of aromatic nitrogens is 3. The van der Waals surface area contributed by atoms with Gasteiger partial charge in [0.15, 0.2) is 0 Å². The lowest BCUT2D eigenvalue weighted by molar-refractivity contribution is 0.371. The van der Waals surface area contributed by atoms with Crippen molar-refractivity contribution in [3.8, 4) is 11.4 Å². The zero-order valence-corrected chi connectivity index (χ0v) is 10.9. The fourth-order valence-corrected chi connectivity index (χ4v) is 2.51. The molecule has 2 aromatic rings. The standard InChI is InChI=1S/C15H18N4/c1-2-8-17-13(5-1)14-6-9-18-15(19-14)10-12-4-3-7-16-11-12/h1-2,5-6,8-9,12,16H,3-4,7,10-11H2. The first kappa shape index (κ1) is 12.2. The van der Waals surface area contributed by atoms with Gasteiger partial charge in [0.25, 0.3) is 0 Å². The molecule has 0 amide bonds. The normalized spacial score (nSPS) is 19.3. The summed E-state index contributed by atoms with van der Waals surface area (Å²) in [6.07, 6.45) is 7.10. The molecule has 1 saturated heterocycles. The molecule has 1 aliphatic heterocycles. The van der Waals surface area contributed by atoms with Gasteiger partial charge in [-0.3, -0.25) is 4.98 Å². The van der Waals surface area contributed by atoms with Crippen LogP contribution in [0, 0.1) is 5.92 Å². The van der Waals surface area contributed by atoms with Crippen molar-refractivity contribution in [3.05, 3.63) is 42.5 Å². The van der Waals surface area contributed by atoms with Crippen molar-refractivity contribution >= 4 is 0 Å². The van der Waals surface area contributed by atoms with Gasteiger partial charge in [-0.25, -0.2) is 9.97 Å². The quantitative estimate of drug-likeness (QED) is 0.911. The van der Waals surface area contributed by atoms with Crippen molar-refractivity contribution in [1.82, 2.24) is 20.3 Å². The molecule has 19 heavy (non-hydrogen) atoms. The van der Waals surface area contributed by atoms with Gasteiger partial charge < -0.3 is 5.32 Å². The third-order valence-corrected chi connectivity index (χ3v) is 3.50. The predicted molar refractivity (Wildman–Crippen MR) is 74.6 cm³/mol. The Balaban J connectivity index is 1.76. The zero-order valence-electron chi connectivity index (χ0n) is 10.9. The van der Waals surface area contributed by atoms with Crippen LogP contribution in [0.1, 0.15) is 18.7 Å². The Labute approximate surface area is 113 Å². The summed E-state index contributed by atoms with van der Waals surface area (Å²) in [7, 11) is 0. The Bertz CT molecular complexity index is 521. The van der Waals surface area contributed by atoms with Crippen LogP contribution >= 0.6 is 0 Å². The zero-order chi connectivity index (χ0) is 12.9. The summed E-state index contributed by atoms with van der Waals surface area (Å²) < 4.78 is 0. The molecule has 4 heteroatoms. The van der Waals surface area contributed by atoms with Gasteiger partial charge in [-0.05, 0) is 50.0 Å². The number of nitrogens with one attached hydrogen (secondary N) is 1. The molecule has 0 aliphatic carbocycles. The summed E-state index contributed by atoms with van der Waals surface area (Å²) in [5.74, 6) is 1.59. The molecular weight excluding hydrogens is 236 g/mol. The van der Waals surface area contributed by atoms with Crippen LogP contribution in [0.5, 0.6) is 0 Å². The van der Waals surface area contributed by atoms with E-state index in [4.69, 9.17) is 0 Å². The van der Waals surface area contributed by atoms with Crippen molar-refractivity contribution < 1.29 is 0 Å². The van der Waals surface area contributed by atoms with Crippen LogP contribution < -0.4 is 5.32 Å². The van der Waals surface area contributed by atoms with Crippen molar-refractivity contribution in [3.63, 3.8) is 0 Å². The molecule has 3 rings (SSSR count). The summed E-state index contributed by atoms with van der Waals surface area (Å²) >= 11 is 0. The predicted octanol–water partition coefficient (Wildman–Crippen LogP) is 2.08. The summed E-state index contributed by atoms with van der Waals surface area (Å²) in [4.78, 5) is 13.4. The third-order valence-electron chi connectivity index (χ3n) is 3.50. The maximum absolute atomic E-state index is 4.64.